The molecule has 24 heavy (non-hydrogen) atoms. The molecule has 0 saturated heterocycles. The molecule has 5 heteroatoms. The highest BCUT2D eigenvalue weighted by molar-refractivity contribution is 5.69. The number of likely N-dealkylation sites (N-methyl/N-ethyl adjacent to an activating group) is 1. The first-order valence-electron chi connectivity index (χ1n) is 7.91. The minimum Gasteiger partial charge on any atom is -0.492 e. The van der Waals surface area contributed by atoms with Crippen molar-refractivity contribution in [2.45, 2.75) is 6.92 Å². The Morgan fingerprint density at radius 1 is 1.04 bits per heavy atom. The molecule has 0 aliphatic carbocycles. The van der Waals surface area contributed by atoms with Gasteiger partial charge in [-0.05, 0) is 43.4 Å². The summed E-state index contributed by atoms with van der Waals surface area (Å²) < 4.78 is 11.4. The molecule has 0 radical (unpaired) electrons. The molecule has 1 atom stereocenters. The average molecular weight is 329 g/mol. The summed E-state index contributed by atoms with van der Waals surface area (Å²) in [6.07, 6.45) is 0. The van der Waals surface area contributed by atoms with Gasteiger partial charge < -0.3 is 19.5 Å². The Balaban J connectivity index is 1.75. The van der Waals surface area contributed by atoms with Gasteiger partial charge >= 0.3 is 5.97 Å². The first-order valence-corrected chi connectivity index (χ1v) is 7.91. The van der Waals surface area contributed by atoms with Gasteiger partial charge in [0.05, 0.1) is 5.92 Å². The summed E-state index contributed by atoms with van der Waals surface area (Å²) in [5, 5.41) is 8.90. The monoisotopic (exact) mass is 329 g/mol. The molecule has 0 fully saturated rings. The number of hydrogen-bond donors (Lipinski definition) is 1. The molecular weight excluding hydrogens is 306 g/mol. The fraction of sp³-hybridized carbons (Fsp3) is 0.316. The Bertz CT molecular complexity index is 628. The molecule has 1 N–H and O–H groups in total. The normalized spacial score (nSPS) is 12.0. The lowest BCUT2D eigenvalue weighted by molar-refractivity contribution is -0.141. The predicted molar refractivity (Wildman–Crippen MR) is 92.7 cm³/mol. The smallest absolute Gasteiger partial charge is 0.307 e. The third-order valence-electron chi connectivity index (χ3n) is 3.55. The summed E-state index contributed by atoms with van der Waals surface area (Å²) in [4.78, 5) is 12.8. The van der Waals surface area contributed by atoms with Gasteiger partial charge in [0, 0.05) is 13.1 Å². The molecule has 2 aromatic carbocycles. The third kappa shape index (κ3) is 5.93. The molecule has 1 unspecified atom stereocenters. The largest absolute Gasteiger partial charge is 0.492 e. The van der Waals surface area contributed by atoms with Gasteiger partial charge in [-0.25, -0.2) is 0 Å². The molecule has 0 heterocycles. The maximum Gasteiger partial charge on any atom is 0.307 e. The van der Waals surface area contributed by atoms with E-state index in [0.717, 1.165) is 17.2 Å². The van der Waals surface area contributed by atoms with E-state index in [2.05, 4.69) is 0 Å². The van der Waals surface area contributed by atoms with Crippen molar-refractivity contribution in [3.63, 3.8) is 0 Å². The third-order valence-corrected chi connectivity index (χ3v) is 3.55. The lowest BCUT2D eigenvalue weighted by Crippen LogP contribution is -2.31. The summed E-state index contributed by atoms with van der Waals surface area (Å²) in [6.45, 7) is 3.37. The molecular formula is C19H23NO4. The molecule has 0 spiro atoms. The number of hydrogen-bond acceptors (Lipinski definition) is 4. The average Bonchev–Trinajstić information content (AvgIpc) is 2.57. The highest BCUT2D eigenvalue weighted by Crippen LogP contribution is 2.23. The van der Waals surface area contributed by atoms with Crippen LogP contribution < -0.4 is 9.47 Å². The zero-order valence-corrected chi connectivity index (χ0v) is 14.0. The topological polar surface area (TPSA) is 59.0 Å². The van der Waals surface area contributed by atoms with Crippen molar-refractivity contribution >= 4 is 5.97 Å². The maximum atomic E-state index is 10.8. The van der Waals surface area contributed by atoms with E-state index in [1.807, 2.05) is 66.5 Å². The zero-order chi connectivity index (χ0) is 17.4. The standard InChI is InChI=1S/C19H23NO4/c1-15(19(21)22)14-20(2)12-13-23-16-8-10-18(11-9-16)24-17-6-4-3-5-7-17/h3-11,15H,12-14H2,1-2H3,(H,21,22). The van der Waals surface area contributed by atoms with E-state index in [1.54, 1.807) is 6.92 Å². The number of ether oxygens (including phenoxy) is 2. The Labute approximate surface area is 142 Å². The fourth-order valence-electron chi connectivity index (χ4n) is 2.18. The van der Waals surface area contributed by atoms with Crippen molar-refractivity contribution in [2.24, 2.45) is 5.92 Å². The van der Waals surface area contributed by atoms with Crippen molar-refractivity contribution < 1.29 is 19.4 Å². The Hall–Kier alpha value is -2.53. The molecule has 0 amide bonds. The second kappa shape index (κ2) is 8.93. The van der Waals surface area contributed by atoms with Gasteiger partial charge in [-0.15, -0.1) is 0 Å². The molecule has 0 aliphatic rings. The lowest BCUT2D eigenvalue weighted by atomic mass is 10.2. The fourth-order valence-corrected chi connectivity index (χ4v) is 2.18. The van der Waals surface area contributed by atoms with Crippen LogP contribution in [-0.4, -0.2) is 42.7 Å². The quantitative estimate of drug-likeness (QED) is 0.763. The second-order valence-corrected chi connectivity index (χ2v) is 5.74. The minimum absolute atomic E-state index is 0.385. The minimum atomic E-state index is -0.781. The van der Waals surface area contributed by atoms with Crippen LogP contribution in [0, 0.1) is 5.92 Å². The van der Waals surface area contributed by atoms with E-state index in [0.29, 0.717) is 19.7 Å². The van der Waals surface area contributed by atoms with Crippen LogP contribution in [0.25, 0.3) is 0 Å². The number of para-hydroxylation sites is 1. The van der Waals surface area contributed by atoms with Gasteiger partial charge in [0.15, 0.2) is 0 Å². The molecule has 0 bridgehead atoms. The summed E-state index contributed by atoms with van der Waals surface area (Å²) in [7, 11) is 1.89. The van der Waals surface area contributed by atoms with Gasteiger partial charge in [0.2, 0.25) is 0 Å². The summed E-state index contributed by atoms with van der Waals surface area (Å²) in [6, 6.07) is 17.0. The number of benzene rings is 2. The van der Waals surface area contributed by atoms with Crippen molar-refractivity contribution in [3.05, 3.63) is 54.6 Å². The summed E-state index contributed by atoms with van der Waals surface area (Å²) in [5.41, 5.74) is 0. The van der Waals surface area contributed by atoms with Crippen molar-refractivity contribution in [1.82, 2.24) is 4.90 Å². The van der Waals surface area contributed by atoms with Crippen LogP contribution in [0.3, 0.4) is 0 Å². The van der Waals surface area contributed by atoms with Crippen LogP contribution >= 0.6 is 0 Å². The Kier molecular flexibility index (Phi) is 6.63. The number of carbonyl (C=O) groups is 1. The Morgan fingerprint density at radius 2 is 1.62 bits per heavy atom. The molecule has 2 aromatic rings. The van der Waals surface area contributed by atoms with E-state index in [1.165, 1.54) is 0 Å². The maximum absolute atomic E-state index is 10.8. The van der Waals surface area contributed by atoms with E-state index >= 15 is 0 Å². The first kappa shape index (κ1) is 17.8. The molecule has 2 rings (SSSR count). The van der Waals surface area contributed by atoms with E-state index < -0.39 is 5.97 Å². The first-order chi connectivity index (χ1) is 11.5. The number of carboxylic acid groups (broad SMARTS) is 1. The van der Waals surface area contributed by atoms with E-state index in [9.17, 15) is 4.79 Å². The number of aliphatic carboxylic acids is 1. The van der Waals surface area contributed by atoms with Crippen molar-refractivity contribution in [2.75, 3.05) is 26.7 Å². The van der Waals surface area contributed by atoms with Crippen LogP contribution in [0.4, 0.5) is 0 Å². The summed E-state index contributed by atoms with van der Waals surface area (Å²) in [5.74, 6) is 1.14. The molecule has 0 aliphatic heterocycles. The van der Waals surface area contributed by atoms with E-state index in [4.69, 9.17) is 14.6 Å². The molecule has 0 saturated carbocycles. The van der Waals surface area contributed by atoms with Crippen molar-refractivity contribution in [1.29, 1.82) is 0 Å². The highest BCUT2D eigenvalue weighted by Gasteiger charge is 2.13. The van der Waals surface area contributed by atoms with Gasteiger partial charge in [-0.2, -0.15) is 0 Å². The number of carboxylic acids is 1. The second-order valence-electron chi connectivity index (χ2n) is 5.74. The number of nitrogens with zero attached hydrogens (tertiary/aromatic N) is 1. The molecule has 0 aromatic heterocycles. The highest BCUT2D eigenvalue weighted by atomic mass is 16.5. The predicted octanol–water partition coefficient (Wildman–Crippen LogP) is 3.51. The van der Waals surface area contributed by atoms with Crippen LogP contribution in [-0.2, 0) is 4.79 Å². The summed E-state index contributed by atoms with van der Waals surface area (Å²) >= 11 is 0. The van der Waals surface area contributed by atoms with Gasteiger partial charge in [0.25, 0.3) is 0 Å². The SMILES string of the molecule is CC(CN(C)CCOc1ccc(Oc2ccccc2)cc1)C(=O)O. The molecule has 5 nitrogen and oxygen atoms in total. The Morgan fingerprint density at radius 3 is 2.25 bits per heavy atom. The lowest BCUT2D eigenvalue weighted by Gasteiger charge is -2.19. The van der Waals surface area contributed by atoms with Gasteiger partial charge in [-0.1, -0.05) is 25.1 Å². The zero-order valence-electron chi connectivity index (χ0n) is 14.0. The van der Waals surface area contributed by atoms with Crippen LogP contribution in [0.5, 0.6) is 17.2 Å². The van der Waals surface area contributed by atoms with Crippen LogP contribution in [0.2, 0.25) is 0 Å². The van der Waals surface area contributed by atoms with Gasteiger partial charge in [0.1, 0.15) is 23.9 Å². The van der Waals surface area contributed by atoms with Crippen LogP contribution in [0.1, 0.15) is 6.92 Å². The molecule has 128 valence electrons. The van der Waals surface area contributed by atoms with Crippen molar-refractivity contribution in [3.8, 4) is 17.2 Å². The van der Waals surface area contributed by atoms with Crippen LogP contribution in [0.15, 0.2) is 54.6 Å². The van der Waals surface area contributed by atoms with Gasteiger partial charge in [-0.3, -0.25) is 4.79 Å². The van der Waals surface area contributed by atoms with E-state index in [-0.39, 0.29) is 5.92 Å². The number of rotatable bonds is 9.